The number of fused-ring (bicyclic) bond motifs is 1. The van der Waals surface area contributed by atoms with Crippen molar-refractivity contribution in [2.24, 2.45) is 0 Å². The fourth-order valence-electron chi connectivity index (χ4n) is 2.73. The molecule has 0 aliphatic carbocycles. The van der Waals surface area contributed by atoms with Gasteiger partial charge in [0.25, 0.3) is 0 Å². The number of hydrogen-bond acceptors (Lipinski definition) is 4. The van der Waals surface area contributed by atoms with Crippen LogP contribution in [0.2, 0.25) is 0 Å². The molecule has 2 heterocycles. The number of carbonyl (C=O) groups excluding carboxylic acids is 1. The van der Waals surface area contributed by atoms with Gasteiger partial charge in [0.2, 0.25) is 0 Å². The number of nitrogens with zero attached hydrogens (tertiary/aromatic N) is 2. The first-order chi connectivity index (χ1) is 10.3. The van der Waals surface area contributed by atoms with Crippen LogP contribution in [-0.4, -0.2) is 31.2 Å². The standard InChI is InChI=1S/C17H18N2O2/c1-21-17(20)15-6-9-18-16(12-15)19-10-7-13-4-2-3-5-14(13)8-11-19/h2-6,9,12H,7-8,10-11H2,1H3. The van der Waals surface area contributed by atoms with Crippen molar-refractivity contribution in [3.8, 4) is 0 Å². The maximum absolute atomic E-state index is 11.6. The van der Waals surface area contributed by atoms with Crippen LogP contribution < -0.4 is 4.90 Å². The first-order valence-corrected chi connectivity index (χ1v) is 7.14. The predicted octanol–water partition coefficient (Wildman–Crippen LogP) is 2.47. The van der Waals surface area contributed by atoms with E-state index in [9.17, 15) is 4.79 Å². The number of anilines is 1. The molecule has 108 valence electrons. The zero-order valence-corrected chi connectivity index (χ0v) is 12.1. The molecule has 1 aromatic heterocycles. The van der Waals surface area contributed by atoms with Gasteiger partial charge in [0.1, 0.15) is 5.82 Å². The molecule has 0 saturated heterocycles. The fraction of sp³-hybridized carbons (Fsp3) is 0.294. The molecule has 1 aliphatic heterocycles. The summed E-state index contributed by atoms with van der Waals surface area (Å²) >= 11 is 0. The lowest BCUT2D eigenvalue weighted by Crippen LogP contribution is -2.27. The van der Waals surface area contributed by atoms with E-state index >= 15 is 0 Å². The summed E-state index contributed by atoms with van der Waals surface area (Å²) in [7, 11) is 1.39. The number of hydrogen-bond donors (Lipinski definition) is 0. The van der Waals surface area contributed by atoms with Crippen LogP contribution in [0.4, 0.5) is 5.82 Å². The average molecular weight is 282 g/mol. The highest BCUT2D eigenvalue weighted by molar-refractivity contribution is 5.90. The zero-order valence-electron chi connectivity index (χ0n) is 12.1. The van der Waals surface area contributed by atoms with Crippen molar-refractivity contribution >= 4 is 11.8 Å². The molecule has 0 unspecified atom stereocenters. The summed E-state index contributed by atoms with van der Waals surface area (Å²) in [4.78, 5) is 18.3. The lowest BCUT2D eigenvalue weighted by Gasteiger charge is -2.21. The van der Waals surface area contributed by atoms with Gasteiger partial charge < -0.3 is 9.64 Å². The number of benzene rings is 1. The molecule has 0 radical (unpaired) electrons. The number of esters is 1. The van der Waals surface area contributed by atoms with E-state index in [-0.39, 0.29) is 5.97 Å². The first kappa shape index (κ1) is 13.6. The molecule has 0 fully saturated rings. The fourth-order valence-corrected chi connectivity index (χ4v) is 2.73. The minimum absolute atomic E-state index is 0.322. The largest absolute Gasteiger partial charge is 0.465 e. The number of ether oxygens (including phenoxy) is 1. The van der Waals surface area contributed by atoms with Crippen molar-refractivity contribution in [2.75, 3.05) is 25.1 Å². The highest BCUT2D eigenvalue weighted by atomic mass is 16.5. The molecular weight excluding hydrogens is 264 g/mol. The summed E-state index contributed by atoms with van der Waals surface area (Å²) in [6, 6.07) is 12.0. The molecule has 4 heteroatoms. The van der Waals surface area contributed by atoms with Gasteiger partial charge in [-0.2, -0.15) is 0 Å². The summed E-state index contributed by atoms with van der Waals surface area (Å²) in [6.07, 6.45) is 3.67. The molecule has 21 heavy (non-hydrogen) atoms. The van der Waals surface area contributed by atoms with Crippen molar-refractivity contribution in [3.05, 3.63) is 59.3 Å². The molecule has 0 atom stereocenters. The second-order valence-electron chi connectivity index (χ2n) is 5.15. The Balaban J connectivity index is 1.81. The second-order valence-corrected chi connectivity index (χ2v) is 5.15. The lowest BCUT2D eigenvalue weighted by atomic mass is 10.0. The average Bonchev–Trinajstić information content (AvgIpc) is 2.77. The van der Waals surface area contributed by atoms with Gasteiger partial charge in [-0.25, -0.2) is 9.78 Å². The second kappa shape index (κ2) is 5.95. The summed E-state index contributed by atoms with van der Waals surface area (Å²) in [5.74, 6) is 0.516. The topological polar surface area (TPSA) is 42.4 Å². The molecule has 3 rings (SSSR count). The van der Waals surface area contributed by atoms with E-state index in [1.165, 1.54) is 18.2 Å². The molecule has 0 amide bonds. The number of rotatable bonds is 2. The molecule has 2 aromatic rings. The quantitative estimate of drug-likeness (QED) is 0.794. The Labute approximate surface area is 124 Å². The van der Waals surface area contributed by atoms with Crippen LogP contribution in [0, 0.1) is 0 Å². The summed E-state index contributed by atoms with van der Waals surface area (Å²) in [6.45, 7) is 1.82. The van der Waals surface area contributed by atoms with E-state index in [2.05, 4.69) is 34.1 Å². The number of methoxy groups -OCH3 is 1. The third kappa shape index (κ3) is 2.89. The van der Waals surface area contributed by atoms with Crippen LogP contribution in [0.1, 0.15) is 21.5 Å². The van der Waals surface area contributed by atoms with E-state index in [0.29, 0.717) is 5.56 Å². The first-order valence-electron chi connectivity index (χ1n) is 7.14. The Morgan fingerprint density at radius 1 is 1.14 bits per heavy atom. The van der Waals surface area contributed by atoms with Crippen LogP contribution in [0.25, 0.3) is 0 Å². The normalized spacial score (nSPS) is 14.2. The van der Waals surface area contributed by atoms with Crippen LogP contribution in [-0.2, 0) is 17.6 Å². The summed E-state index contributed by atoms with van der Waals surface area (Å²) in [5.41, 5.74) is 3.36. The van der Waals surface area contributed by atoms with Crippen LogP contribution in [0.3, 0.4) is 0 Å². The minimum Gasteiger partial charge on any atom is -0.465 e. The Hall–Kier alpha value is -2.36. The van der Waals surface area contributed by atoms with Crippen molar-refractivity contribution in [1.29, 1.82) is 0 Å². The van der Waals surface area contributed by atoms with Gasteiger partial charge in [-0.1, -0.05) is 24.3 Å². The lowest BCUT2D eigenvalue weighted by molar-refractivity contribution is 0.0600. The summed E-state index contributed by atoms with van der Waals surface area (Å²) < 4.78 is 4.77. The summed E-state index contributed by atoms with van der Waals surface area (Å²) in [5, 5.41) is 0. The highest BCUT2D eigenvalue weighted by Gasteiger charge is 2.16. The maximum atomic E-state index is 11.6. The van der Waals surface area contributed by atoms with Gasteiger partial charge in [0, 0.05) is 19.3 Å². The monoisotopic (exact) mass is 282 g/mol. The molecule has 0 N–H and O–H groups in total. The SMILES string of the molecule is COC(=O)c1ccnc(N2CCc3ccccc3CC2)c1. The number of pyridine rings is 1. The van der Waals surface area contributed by atoms with E-state index in [1.807, 2.05) is 6.07 Å². The Morgan fingerprint density at radius 2 is 1.81 bits per heavy atom. The van der Waals surface area contributed by atoms with Crippen molar-refractivity contribution < 1.29 is 9.53 Å². The third-order valence-corrected chi connectivity index (χ3v) is 3.91. The van der Waals surface area contributed by atoms with E-state index < -0.39 is 0 Å². The van der Waals surface area contributed by atoms with Gasteiger partial charge in [-0.05, 0) is 36.1 Å². The van der Waals surface area contributed by atoms with Crippen LogP contribution in [0.5, 0.6) is 0 Å². The molecule has 0 bridgehead atoms. The van der Waals surface area contributed by atoms with Gasteiger partial charge >= 0.3 is 5.97 Å². The molecular formula is C17H18N2O2. The van der Waals surface area contributed by atoms with Gasteiger partial charge in [0.05, 0.1) is 12.7 Å². The Kier molecular flexibility index (Phi) is 3.86. The van der Waals surface area contributed by atoms with Gasteiger partial charge in [0.15, 0.2) is 0 Å². The molecule has 1 aliphatic rings. The number of aromatic nitrogens is 1. The molecule has 1 aromatic carbocycles. The number of carbonyl (C=O) groups is 1. The van der Waals surface area contributed by atoms with E-state index in [1.54, 1.807) is 12.3 Å². The Bertz CT molecular complexity index is 628. The zero-order chi connectivity index (χ0) is 14.7. The smallest absolute Gasteiger partial charge is 0.338 e. The van der Waals surface area contributed by atoms with Gasteiger partial charge in [-0.15, -0.1) is 0 Å². The molecule has 4 nitrogen and oxygen atoms in total. The van der Waals surface area contributed by atoms with E-state index in [0.717, 1.165) is 31.7 Å². The Morgan fingerprint density at radius 3 is 2.43 bits per heavy atom. The maximum Gasteiger partial charge on any atom is 0.338 e. The molecule has 0 spiro atoms. The minimum atomic E-state index is -0.322. The van der Waals surface area contributed by atoms with Crippen molar-refractivity contribution in [3.63, 3.8) is 0 Å². The van der Waals surface area contributed by atoms with Crippen molar-refractivity contribution in [2.45, 2.75) is 12.8 Å². The predicted molar refractivity (Wildman–Crippen MR) is 81.6 cm³/mol. The van der Waals surface area contributed by atoms with Crippen LogP contribution >= 0.6 is 0 Å². The van der Waals surface area contributed by atoms with Gasteiger partial charge in [-0.3, -0.25) is 0 Å². The highest BCUT2D eigenvalue weighted by Crippen LogP contribution is 2.20. The molecule has 0 saturated carbocycles. The third-order valence-electron chi connectivity index (χ3n) is 3.91. The van der Waals surface area contributed by atoms with Crippen molar-refractivity contribution in [1.82, 2.24) is 4.98 Å². The van der Waals surface area contributed by atoms with E-state index in [4.69, 9.17) is 4.74 Å². The van der Waals surface area contributed by atoms with Crippen LogP contribution in [0.15, 0.2) is 42.6 Å².